The summed E-state index contributed by atoms with van der Waals surface area (Å²) in [7, 11) is 1.42. The van der Waals surface area contributed by atoms with Crippen LogP contribution in [0.2, 0.25) is 0 Å². The van der Waals surface area contributed by atoms with Crippen LogP contribution < -0.4 is 4.90 Å². The quantitative estimate of drug-likeness (QED) is 0.136. The van der Waals surface area contributed by atoms with E-state index in [2.05, 4.69) is 71.6 Å². The van der Waals surface area contributed by atoms with Crippen LogP contribution in [-0.2, 0) is 9.59 Å². The van der Waals surface area contributed by atoms with Gasteiger partial charge in [-0.05, 0) is 0 Å². The summed E-state index contributed by atoms with van der Waals surface area (Å²) in [4.78, 5) is 28.6. The van der Waals surface area contributed by atoms with Crippen molar-refractivity contribution in [2.45, 2.75) is 6.92 Å². The maximum atomic E-state index is 12.9. The number of carbonyl (C=O) groups excluding carboxylic acids is 2. The van der Waals surface area contributed by atoms with Gasteiger partial charge in [-0.2, -0.15) is 0 Å². The first-order valence-electron chi connectivity index (χ1n) is 12.5. The molecule has 0 saturated carbocycles. The molecule has 1 aromatic heterocycles. The van der Waals surface area contributed by atoms with E-state index in [9.17, 15) is 14.9 Å². The fourth-order valence-corrected chi connectivity index (χ4v) is 7.00. The molecule has 39 heavy (non-hydrogen) atoms. The molecule has 5 aromatic rings. The minimum atomic E-state index is -0.555. The van der Waals surface area contributed by atoms with Crippen LogP contribution in [0.5, 0.6) is 0 Å². The summed E-state index contributed by atoms with van der Waals surface area (Å²) < 4.78 is 2.11. The van der Waals surface area contributed by atoms with E-state index in [1.165, 1.54) is 17.8 Å². The summed E-state index contributed by atoms with van der Waals surface area (Å²) in [5.74, 6) is -0.941. The van der Waals surface area contributed by atoms with Gasteiger partial charge in [-0.25, -0.2) is 0 Å². The van der Waals surface area contributed by atoms with Gasteiger partial charge in [0.1, 0.15) is 0 Å². The monoisotopic (exact) mass is 573 g/mol. The average Bonchev–Trinajstić information content (AvgIpc) is 3.42. The third-order valence-corrected chi connectivity index (χ3v) is 9.18. The number of amides is 2. The number of nitriles is 1. The van der Waals surface area contributed by atoms with Gasteiger partial charge in [0.2, 0.25) is 0 Å². The summed E-state index contributed by atoms with van der Waals surface area (Å²) in [6.45, 7) is 1.67. The normalized spacial score (nSPS) is 14.9. The minimum absolute atomic E-state index is 0.0107. The summed E-state index contributed by atoms with van der Waals surface area (Å²) in [5.41, 5.74) is 2.94. The van der Waals surface area contributed by atoms with Crippen molar-refractivity contribution < 1.29 is 9.59 Å². The number of fused-ring (bicyclic) bond motifs is 2. The van der Waals surface area contributed by atoms with Crippen LogP contribution in [0, 0.1) is 11.3 Å². The van der Waals surface area contributed by atoms with Crippen LogP contribution in [0.1, 0.15) is 11.4 Å². The summed E-state index contributed by atoms with van der Waals surface area (Å²) in [6, 6.07) is 35.7. The van der Waals surface area contributed by atoms with Crippen LogP contribution >= 0.6 is 0 Å². The van der Waals surface area contributed by atoms with E-state index in [0.717, 1.165) is 36.0 Å². The van der Waals surface area contributed by atoms with E-state index in [1.54, 1.807) is 6.92 Å². The van der Waals surface area contributed by atoms with Crippen molar-refractivity contribution in [3.63, 3.8) is 0 Å². The summed E-state index contributed by atoms with van der Waals surface area (Å²) in [6.07, 6.45) is 1.83. The Kier molecular flexibility index (Phi) is 6.24. The molecule has 1 aliphatic heterocycles. The van der Waals surface area contributed by atoms with E-state index in [0.29, 0.717) is 11.1 Å². The Balaban J connectivity index is 1.49. The Morgan fingerprint density at radius 1 is 0.769 bits per heavy atom. The van der Waals surface area contributed by atoms with E-state index in [4.69, 9.17) is 0 Å². The number of anilines is 3. The molecule has 0 saturated heterocycles. The van der Waals surface area contributed by atoms with Crippen molar-refractivity contribution in [3.8, 4) is 6.07 Å². The average molecular weight is 573 g/mol. The fourth-order valence-electron chi connectivity index (χ4n) is 4.92. The van der Waals surface area contributed by atoms with Gasteiger partial charge in [0.15, 0.2) is 0 Å². The molecular formula is C33H23N3O2Se. The van der Waals surface area contributed by atoms with Gasteiger partial charge >= 0.3 is 233 Å². The standard InChI is InChI=1S/C33H23N3O2Se/c1-21-29(32(37)35(2)33(38)30(21)20-34)19-28-15-16-31(39-28)36(26-13-11-22-7-3-5-9-24(22)17-26)27-14-12-23-8-4-6-10-25(23)18-27/h3-19H,1-2H3/b29-19+. The second-order valence-corrected chi connectivity index (χ2v) is 11.7. The SMILES string of the molecule is CC1=C(C#N)C(=O)N(C)C(=O)/C1=C/c1ccc(N(c2ccc3ccccc3c2)c2ccc3ccccc3c2)[se]1. The van der Waals surface area contributed by atoms with Gasteiger partial charge in [-0.3, -0.25) is 0 Å². The van der Waals surface area contributed by atoms with E-state index in [1.807, 2.05) is 42.5 Å². The first kappa shape index (κ1) is 24.6. The molecule has 1 aliphatic rings. The van der Waals surface area contributed by atoms with E-state index in [-0.39, 0.29) is 26.0 Å². The molecule has 6 heteroatoms. The van der Waals surface area contributed by atoms with Crippen molar-refractivity contribution in [2.75, 3.05) is 11.9 Å². The van der Waals surface area contributed by atoms with Crippen molar-refractivity contribution in [1.82, 2.24) is 4.90 Å². The molecule has 0 spiro atoms. The molecule has 6 rings (SSSR count). The zero-order valence-corrected chi connectivity index (χ0v) is 23.1. The second-order valence-electron chi connectivity index (χ2n) is 9.41. The number of imide groups is 1. The number of carbonyl (C=O) groups is 2. The Morgan fingerprint density at radius 2 is 1.33 bits per heavy atom. The molecule has 0 atom stereocenters. The van der Waals surface area contributed by atoms with Crippen LogP contribution in [0.15, 0.2) is 114 Å². The summed E-state index contributed by atoms with van der Waals surface area (Å²) in [5, 5.41) is 14.2. The van der Waals surface area contributed by atoms with Gasteiger partial charge in [-0.15, -0.1) is 0 Å². The third-order valence-electron chi connectivity index (χ3n) is 7.05. The molecule has 0 aliphatic carbocycles. The molecule has 2 heterocycles. The number of rotatable bonds is 4. The van der Waals surface area contributed by atoms with Gasteiger partial charge in [0.25, 0.3) is 0 Å². The van der Waals surface area contributed by atoms with Gasteiger partial charge in [0, 0.05) is 0 Å². The zero-order valence-electron chi connectivity index (χ0n) is 21.4. The molecule has 0 bridgehead atoms. The topological polar surface area (TPSA) is 64.4 Å². The van der Waals surface area contributed by atoms with Crippen molar-refractivity contribution >= 4 is 69.9 Å². The predicted octanol–water partition coefficient (Wildman–Crippen LogP) is 6.74. The van der Waals surface area contributed by atoms with Crippen LogP contribution in [0.25, 0.3) is 27.6 Å². The Hall–Kier alpha value is -4.69. The number of benzene rings is 4. The van der Waals surface area contributed by atoms with Crippen LogP contribution in [0.3, 0.4) is 0 Å². The van der Waals surface area contributed by atoms with Gasteiger partial charge in [-0.1, -0.05) is 0 Å². The number of nitrogens with zero attached hydrogens (tertiary/aromatic N) is 3. The fraction of sp³-hybridized carbons (Fsp3) is 0.0606. The molecule has 0 radical (unpaired) electrons. The van der Waals surface area contributed by atoms with E-state index < -0.39 is 5.91 Å². The molecular weight excluding hydrogens is 549 g/mol. The molecule has 0 unspecified atom stereocenters. The third kappa shape index (κ3) is 4.38. The van der Waals surface area contributed by atoms with Crippen molar-refractivity contribution in [1.29, 1.82) is 5.26 Å². The first-order valence-corrected chi connectivity index (χ1v) is 14.2. The molecule has 0 N–H and O–H groups in total. The molecule has 5 nitrogen and oxygen atoms in total. The first-order chi connectivity index (χ1) is 18.9. The maximum absolute atomic E-state index is 12.9. The molecule has 0 fully saturated rings. The van der Waals surface area contributed by atoms with Gasteiger partial charge < -0.3 is 0 Å². The van der Waals surface area contributed by atoms with Crippen LogP contribution in [-0.4, -0.2) is 38.3 Å². The number of likely N-dealkylation sites (N-methyl/N-ethyl adjacent to an activating group) is 1. The predicted molar refractivity (Wildman–Crippen MR) is 157 cm³/mol. The molecule has 4 aromatic carbocycles. The molecule has 2 amide bonds. The Bertz CT molecular complexity index is 1830. The second kappa shape index (κ2) is 9.89. The van der Waals surface area contributed by atoms with Gasteiger partial charge in [0.05, 0.1) is 0 Å². The van der Waals surface area contributed by atoms with Crippen molar-refractivity contribution in [3.05, 3.63) is 118 Å². The van der Waals surface area contributed by atoms with Crippen LogP contribution in [0.4, 0.5) is 15.9 Å². The Morgan fingerprint density at radius 3 is 1.90 bits per heavy atom. The number of hydrogen-bond donors (Lipinski definition) is 0. The molecule has 188 valence electrons. The van der Waals surface area contributed by atoms with E-state index >= 15 is 0 Å². The summed E-state index contributed by atoms with van der Waals surface area (Å²) >= 11 is -0.127. The van der Waals surface area contributed by atoms with Crippen molar-refractivity contribution in [2.24, 2.45) is 0 Å². The number of hydrogen-bond acceptors (Lipinski definition) is 4. The Labute approximate surface area is 232 Å². The zero-order chi connectivity index (χ0) is 27.1.